The molecule has 19 heavy (non-hydrogen) atoms. The van der Waals surface area contributed by atoms with E-state index in [4.69, 9.17) is 0 Å². The summed E-state index contributed by atoms with van der Waals surface area (Å²) in [6.45, 7) is 0.733. The van der Waals surface area contributed by atoms with Gasteiger partial charge in [0.1, 0.15) is 5.82 Å². The molecule has 0 aromatic heterocycles. The number of nitrogens with zero attached hydrogens (tertiary/aromatic N) is 1. The van der Waals surface area contributed by atoms with Gasteiger partial charge in [0.25, 0.3) is 0 Å². The molecular formula is C13H16FNO3S. The molecule has 0 unspecified atom stereocenters. The Kier molecular flexibility index (Phi) is 3.89. The second-order valence-corrected chi connectivity index (χ2v) is 7.21. The van der Waals surface area contributed by atoms with Crippen molar-refractivity contribution in [3.05, 3.63) is 35.6 Å². The van der Waals surface area contributed by atoms with Crippen molar-refractivity contribution in [2.45, 2.75) is 18.1 Å². The largest absolute Gasteiger partial charge is 0.341 e. The number of rotatable bonds is 3. The Morgan fingerprint density at radius 1 is 1.37 bits per heavy atom. The first-order valence-corrected chi connectivity index (χ1v) is 8.03. The number of sulfone groups is 1. The number of carbonyl (C=O) groups is 1. The number of carbonyl (C=O) groups excluding carboxylic acids is 1. The molecule has 104 valence electrons. The number of halogens is 1. The quantitative estimate of drug-likeness (QED) is 0.833. The molecule has 1 heterocycles. The van der Waals surface area contributed by atoms with Crippen LogP contribution < -0.4 is 0 Å². The summed E-state index contributed by atoms with van der Waals surface area (Å²) in [6.07, 6.45) is 1.87. The highest BCUT2D eigenvalue weighted by atomic mass is 32.2. The van der Waals surface area contributed by atoms with Gasteiger partial charge < -0.3 is 4.90 Å². The zero-order valence-corrected chi connectivity index (χ0v) is 11.5. The van der Waals surface area contributed by atoms with Gasteiger partial charge in [0.2, 0.25) is 5.91 Å². The lowest BCUT2D eigenvalue weighted by molar-refractivity contribution is -0.129. The minimum absolute atomic E-state index is 0.113. The molecule has 2 rings (SSSR count). The Balaban J connectivity index is 1.97. The van der Waals surface area contributed by atoms with Crippen molar-refractivity contribution >= 4 is 15.7 Å². The van der Waals surface area contributed by atoms with E-state index in [0.29, 0.717) is 13.0 Å². The smallest absolute Gasteiger partial charge is 0.227 e. The van der Waals surface area contributed by atoms with E-state index in [1.165, 1.54) is 18.4 Å². The third-order valence-corrected chi connectivity index (χ3v) is 4.97. The van der Waals surface area contributed by atoms with Crippen molar-refractivity contribution in [3.8, 4) is 0 Å². The summed E-state index contributed by atoms with van der Waals surface area (Å²) in [5.41, 5.74) is 0.731. The molecular weight excluding hydrogens is 269 g/mol. The molecule has 0 N–H and O–H groups in total. The zero-order chi connectivity index (χ0) is 14.0. The van der Waals surface area contributed by atoms with Gasteiger partial charge in [-0.15, -0.1) is 0 Å². The Hall–Kier alpha value is -1.43. The summed E-state index contributed by atoms with van der Waals surface area (Å²) in [5, 5.41) is -0.454. The van der Waals surface area contributed by atoms with Crippen molar-refractivity contribution in [3.63, 3.8) is 0 Å². The molecule has 6 heteroatoms. The molecule has 1 aromatic carbocycles. The molecule has 0 spiro atoms. The Labute approximate surface area is 112 Å². The summed E-state index contributed by atoms with van der Waals surface area (Å²) in [6, 6.07) is 5.76. The SMILES string of the molecule is CS(=O)(=O)[C@H]1CCN(C(=O)Cc2ccc(F)cc2)C1. The molecule has 1 atom stereocenters. The van der Waals surface area contributed by atoms with Crippen molar-refractivity contribution in [2.24, 2.45) is 0 Å². The van der Waals surface area contributed by atoms with E-state index in [-0.39, 0.29) is 24.7 Å². The molecule has 1 saturated heterocycles. The maximum atomic E-state index is 12.7. The third-order valence-electron chi connectivity index (χ3n) is 3.37. The van der Waals surface area contributed by atoms with Gasteiger partial charge >= 0.3 is 0 Å². The molecule has 1 aliphatic rings. The van der Waals surface area contributed by atoms with Gasteiger partial charge in [0, 0.05) is 19.3 Å². The molecule has 1 aromatic rings. The predicted octanol–water partition coefficient (Wildman–Crippen LogP) is 1.01. The normalized spacial score (nSPS) is 19.7. The van der Waals surface area contributed by atoms with Crippen LogP contribution >= 0.6 is 0 Å². The molecule has 1 fully saturated rings. The Morgan fingerprint density at radius 3 is 2.53 bits per heavy atom. The van der Waals surface area contributed by atoms with E-state index in [0.717, 1.165) is 5.56 Å². The first-order chi connectivity index (χ1) is 8.86. The van der Waals surface area contributed by atoms with Crippen molar-refractivity contribution in [2.75, 3.05) is 19.3 Å². The van der Waals surface area contributed by atoms with E-state index >= 15 is 0 Å². The van der Waals surface area contributed by atoms with Gasteiger partial charge in [0.05, 0.1) is 11.7 Å². The van der Waals surface area contributed by atoms with Crippen LogP contribution in [0.2, 0.25) is 0 Å². The number of hydrogen-bond acceptors (Lipinski definition) is 3. The summed E-state index contributed by atoms with van der Waals surface area (Å²) >= 11 is 0. The van der Waals surface area contributed by atoms with Crippen LogP contribution in [0.4, 0.5) is 4.39 Å². The van der Waals surface area contributed by atoms with E-state index in [1.54, 1.807) is 17.0 Å². The lowest BCUT2D eigenvalue weighted by Crippen LogP contribution is -2.32. The standard InChI is InChI=1S/C13H16FNO3S/c1-19(17,18)12-6-7-15(9-12)13(16)8-10-2-4-11(14)5-3-10/h2-5,12H,6-9H2,1H3/t12-/m0/s1. The van der Waals surface area contributed by atoms with Crippen molar-refractivity contribution in [1.29, 1.82) is 0 Å². The third kappa shape index (κ3) is 3.53. The van der Waals surface area contributed by atoms with Gasteiger partial charge in [-0.3, -0.25) is 4.79 Å². The zero-order valence-electron chi connectivity index (χ0n) is 10.7. The van der Waals surface area contributed by atoms with E-state index in [9.17, 15) is 17.6 Å². The predicted molar refractivity (Wildman–Crippen MR) is 69.9 cm³/mol. The van der Waals surface area contributed by atoms with Crippen LogP contribution in [0.15, 0.2) is 24.3 Å². The molecule has 0 aliphatic carbocycles. The molecule has 0 saturated carbocycles. The van der Waals surface area contributed by atoms with Gasteiger partial charge in [-0.2, -0.15) is 0 Å². The molecule has 4 nitrogen and oxygen atoms in total. The molecule has 1 amide bonds. The van der Waals surface area contributed by atoms with Crippen LogP contribution in [0, 0.1) is 5.82 Å². The van der Waals surface area contributed by atoms with Crippen molar-refractivity contribution in [1.82, 2.24) is 4.90 Å². The fourth-order valence-electron chi connectivity index (χ4n) is 2.19. The monoisotopic (exact) mass is 285 g/mol. The highest BCUT2D eigenvalue weighted by Crippen LogP contribution is 2.17. The molecule has 1 aliphatic heterocycles. The van der Waals surface area contributed by atoms with Crippen LogP contribution in [0.3, 0.4) is 0 Å². The van der Waals surface area contributed by atoms with E-state index in [1.807, 2.05) is 0 Å². The highest BCUT2D eigenvalue weighted by molar-refractivity contribution is 7.91. The number of amides is 1. The second kappa shape index (κ2) is 5.28. The van der Waals surface area contributed by atoms with Gasteiger partial charge in [-0.25, -0.2) is 12.8 Å². The van der Waals surface area contributed by atoms with Crippen molar-refractivity contribution < 1.29 is 17.6 Å². The molecule has 0 bridgehead atoms. The van der Waals surface area contributed by atoms with Crippen LogP contribution in [0.5, 0.6) is 0 Å². The van der Waals surface area contributed by atoms with Gasteiger partial charge in [-0.05, 0) is 24.1 Å². The first-order valence-electron chi connectivity index (χ1n) is 6.07. The Morgan fingerprint density at radius 2 is 2.00 bits per heavy atom. The minimum atomic E-state index is -3.09. The van der Waals surface area contributed by atoms with Crippen LogP contribution in [-0.4, -0.2) is 43.8 Å². The summed E-state index contributed by atoms with van der Waals surface area (Å²) in [4.78, 5) is 13.6. The van der Waals surface area contributed by atoms with Gasteiger partial charge in [0.15, 0.2) is 9.84 Å². The maximum absolute atomic E-state index is 12.7. The highest BCUT2D eigenvalue weighted by Gasteiger charge is 2.32. The Bertz CT molecular complexity index is 568. The molecule has 0 radical (unpaired) electrons. The summed E-state index contributed by atoms with van der Waals surface area (Å²) in [5.74, 6) is -0.452. The van der Waals surface area contributed by atoms with Gasteiger partial charge in [-0.1, -0.05) is 12.1 Å². The number of hydrogen-bond donors (Lipinski definition) is 0. The lowest BCUT2D eigenvalue weighted by Gasteiger charge is -2.16. The average molecular weight is 285 g/mol. The van der Waals surface area contributed by atoms with Crippen LogP contribution in [-0.2, 0) is 21.1 Å². The fraction of sp³-hybridized carbons (Fsp3) is 0.462. The van der Waals surface area contributed by atoms with E-state index < -0.39 is 15.1 Å². The summed E-state index contributed by atoms with van der Waals surface area (Å²) in [7, 11) is -3.09. The maximum Gasteiger partial charge on any atom is 0.227 e. The van der Waals surface area contributed by atoms with E-state index in [2.05, 4.69) is 0 Å². The van der Waals surface area contributed by atoms with Crippen LogP contribution in [0.1, 0.15) is 12.0 Å². The van der Waals surface area contributed by atoms with Crippen LogP contribution in [0.25, 0.3) is 0 Å². The lowest BCUT2D eigenvalue weighted by atomic mass is 10.1. The topological polar surface area (TPSA) is 54.5 Å². The average Bonchev–Trinajstić information content (AvgIpc) is 2.81. The minimum Gasteiger partial charge on any atom is -0.341 e. The first kappa shape index (κ1) is 14.0. The fourth-order valence-corrected chi connectivity index (χ4v) is 3.18. The second-order valence-electron chi connectivity index (χ2n) is 4.88. The number of benzene rings is 1. The summed E-state index contributed by atoms with van der Waals surface area (Å²) < 4.78 is 35.6. The number of likely N-dealkylation sites (tertiary alicyclic amines) is 1.